The van der Waals surface area contributed by atoms with Crippen molar-refractivity contribution in [3.63, 3.8) is 0 Å². The number of nitrogens with one attached hydrogen (secondary N) is 1. The molecule has 0 aliphatic heterocycles. The highest BCUT2D eigenvalue weighted by molar-refractivity contribution is 5.93. The number of methoxy groups -OCH3 is 1. The number of H-pyrrole nitrogens is 1. The van der Waals surface area contributed by atoms with Crippen molar-refractivity contribution in [2.45, 2.75) is 6.92 Å². The summed E-state index contributed by atoms with van der Waals surface area (Å²) < 4.78 is 16.3. The number of hydrogen-bond donors (Lipinski definition) is 2. The quantitative estimate of drug-likeness (QED) is 0.575. The van der Waals surface area contributed by atoms with Crippen molar-refractivity contribution in [2.75, 3.05) is 26.9 Å². The number of carbonyl (C=O) groups is 1. The third-order valence-corrected chi connectivity index (χ3v) is 4.09. The Hall–Kier alpha value is -3.39. The third-order valence-electron chi connectivity index (χ3n) is 4.09. The second-order valence-corrected chi connectivity index (χ2v) is 5.86. The van der Waals surface area contributed by atoms with Crippen LogP contribution < -0.4 is 15.0 Å². The average molecular weight is 384 g/mol. The fraction of sp³-hybridized carbons (Fsp3) is 0.250. The summed E-state index contributed by atoms with van der Waals surface area (Å²) in [5.74, 6) is 0.290. The number of carboxylic acid groups (broad SMARTS) is 1. The highest BCUT2D eigenvalue weighted by Gasteiger charge is 2.14. The molecule has 8 nitrogen and oxygen atoms in total. The first-order valence-corrected chi connectivity index (χ1v) is 8.69. The normalized spacial score (nSPS) is 10.8. The maximum absolute atomic E-state index is 12.5. The van der Waals surface area contributed by atoms with E-state index in [-0.39, 0.29) is 10.9 Å². The molecule has 1 heterocycles. The Balaban J connectivity index is 2.01. The Labute approximate surface area is 160 Å². The lowest BCUT2D eigenvalue weighted by molar-refractivity contribution is 0.0697. The standard InChI is InChI=1S/C20H20N2O6/c1-3-27-8-9-28-13-5-7-17(26-2)15(11-13)18-21-16-6-4-12(20(24)25)10-14(16)19(23)22-18/h4-7,10-11H,3,8-9H2,1-2H3,(H,24,25)(H,21,22,23). The van der Waals surface area contributed by atoms with Crippen LogP contribution in [0.4, 0.5) is 0 Å². The minimum atomic E-state index is -1.11. The van der Waals surface area contributed by atoms with Crippen molar-refractivity contribution in [3.8, 4) is 22.9 Å². The molecule has 0 aliphatic rings. The molecule has 3 rings (SSSR count). The molecule has 0 spiro atoms. The predicted octanol–water partition coefficient (Wildman–Crippen LogP) is 2.71. The number of ether oxygens (including phenoxy) is 3. The van der Waals surface area contributed by atoms with Crippen molar-refractivity contribution >= 4 is 16.9 Å². The molecule has 0 bridgehead atoms. The number of nitrogens with zero attached hydrogens (tertiary/aromatic N) is 1. The van der Waals surface area contributed by atoms with E-state index in [0.717, 1.165) is 0 Å². The molecule has 3 aromatic rings. The second kappa shape index (κ2) is 8.53. The molecule has 0 saturated carbocycles. The van der Waals surface area contributed by atoms with Gasteiger partial charge >= 0.3 is 5.97 Å². The molecule has 146 valence electrons. The Morgan fingerprint density at radius 3 is 2.71 bits per heavy atom. The molecule has 1 aromatic heterocycles. The molecule has 0 unspecified atom stereocenters. The summed E-state index contributed by atoms with van der Waals surface area (Å²) in [5, 5.41) is 9.30. The van der Waals surface area contributed by atoms with Gasteiger partial charge in [-0.25, -0.2) is 4.79 Å². The van der Waals surface area contributed by atoms with Crippen molar-refractivity contribution in [1.82, 2.24) is 9.97 Å². The van der Waals surface area contributed by atoms with Crippen molar-refractivity contribution in [3.05, 3.63) is 52.3 Å². The smallest absolute Gasteiger partial charge is 0.335 e. The number of hydrogen-bond acceptors (Lipinski definition) is 6. The lowest BCUT2D eigenvalue weighted by Gasteiger charge is -2.12. The van der Waals surface area contributed by atoms with Gasteiger partial charge in [-0.1, -0.05) is 0 Å². The Morgan fingerprint density at radius 1 is 1.18 bits per heavy atom. The highest BCUT2D eigenvalue weighted by atomic mass is 16.5. The van der Waals surface area contributed by atoms with Crippen LogP contribution in [0.3, 0.4) is 0 Å². The Morgan fingerprint density at radius 2 is 2.00 bits per heavy atom. The number of aromatic carboxylic acids is 1. The van der Waals surface area contributed by atoms with E-state index in [0.29, 0.717) is 48.2 Å². The molecule has 2 aromatic carbocycles. The maximum atomic E-state index is 12.5. The first-order chi connectivity index (χ1) is 13.5. The van der Waals surface area contributed by atoms with Crippen molar-refractivity contribution in [2.24, 2.45) is 0 Å². The summed E-state index contributed by atoms with van der Waals surface area (Å²) in [6.45, 7) is 3.38. The van der Waals surface area contributed by atoms with Gasteiger partial charge in [-0.15, -0.1) is 0 Å². The summed E-state index contributed by atoms with van der Waals surface area (Å²) in [4.78, 5) is 30.7. The van der Waals surface area contributed by atoms with E-state index < -0.39 is 11.5 Å². The van der Waals surface area contributed by atoms with Gasteiger partial charge in [0.1, 0.15) is 23.9 Å². The van der Waals surface area contributed by atoms with E-state index in [2.05, 4.69) is 9.97 Å². The van der Waals surface area contributed by atoms with Gasteiger partial charge in [0.2, 0.25) is 0 Å². The number of aromatic nitrogens is 2. The van der Waals surface area contributed by atoms with E-state index in [4.69, 9.17) is 19.3 Å². The number of benzene rings is 2. The van der Waals surface area contributed by atoms with E-state index in [1.54, 1.807) is 24.3 Å². The predicted molar refractivity (Wildman–Crippen MR) is 103 cm³/mol. The summed E-state index contributed by atoms with van der Waals surface area (Å²) >= 11 is 0. The molecule has 28 heavy (non-hydrogen) atoms. The van der Waals surface area contributed by atoms with Crippen LogP contribution in [0.25, 0.3) is 22.3 Å². The lowest BCUT2D eigenvalue weighted by Crippen LogP contribution is -2.11. The number of rotatable bonds is 8. The number of aromatic amines is 1. The van der Waals surface area contributed by atoms with Gasteiger partial charge in [-0.2, -0.15) is 4.98 Å². The zero-order chi connectivity index (χ0) is 20.1. The molecule has 0 fully saturated rings. The van der Waals surface area contributed by atoms with Gasteiger partial charge in [0.25, 0.3) is 5.56 Å². The highest BCUT2D eigenvalue weighted by Crippen LogP contribution is 2.31. The van der Waals surface area contributed by atoms with Crippen molar-refractivity contribution < 1.29 is 24.1 Å². The Kier molecular flexibility index (Phi) is 5.90. The summed E-state index contributed by atoms with van der Waals surface area (Å²) in [6, 6.07) is 9.48. The van der Waals surface area contributed by atoms with Crippen LogP contribution >= 0.6 is 0 Å². The fourth-order valence-corrected chi connectivity index (χ4v) is 2.73. The Bertz CT molecular complexity index is 1060. The van der Waals surface area contributed by atoms with Crippen LogP contribution in [-0.2, 0) is 4.74 Å². The second-order valence-electron chi connectivity index (χ2n) is 5.86. The maximum Gasteiger partial charge on any atom is 0.335 e. The van der Waals surface area contributed by atoms with Crippen LogP contribution in [0, 0.1) is 0 Å². The average Bonchev–Trinajstić information content (AvgIpc) is 2.70. The molecule has 2 N–H and O–H groups in total. The minimum Gasteiger partial charge on any atom is -0.496 e. The van der Waals surface area contributed by atoms with E-state index in [1.807, 2.05) is 6.92 Å². The molecular formula is C20H20N2O6. The SMILES string of the molecule is CCOCCOc1ccc(OC)c(-c2nc(=O)c3cc(C(=O)O)ccc3[nH]2)c1. The molecule has 0 amide bonds. The first-order valence-electron chi connectivity index (χ1n) is 8.69. The lowest BCUT2D eigenvalue weighted by atomic mass is 10.1. The van der Waals surface area contributed by atoms with Gasteiger partial charge in [0, 0.05) is 6.61 Å². The molecule has 8 heteroatoms. The molecule has 0 radical (unpaired) electrons. The van der Waals surface area contributed by atoms with E-state index in [1.165, 1.54) is 19.2 Å². The molecular weight excluding hydrogens is 364 g/mol. The van der Waals surface area contributed by atoms with Gasteiger partial charge < -0.3 is 24.3 Å². The molecule has 0 saturated heterocycles. The topological polar surface area (TPSA) is 111 Å². The summed E-state index contributed by atoms with van der Waals surface area (Å²) in [6.07, 6.45) is 0. The van der Waals surface area contributed by atoms with Gasteiger partial charge in [-0.05, 0) is 43.3 Å². The van der Waals surface area contributed by atoms with Crippen LogP contribution in [0.1, 0.15) is 17.3 Å². The van der Waals surface area contributed by atoms with E-state index in [9.17, 15) is 9.59 Å². The van der Waals surface area contributed by atoms with Crippen LogP contribution in [0.5, 0.6) is 11.5 Å². The summed E-state index contributed by atoms with van der Waals surface area (Å²) in [7, 11) is 1.52. The van der Waals surface area contributed by atoms with Gasteiger partial charge in [-0.3, -0.25) is 4.79 Å². The largest absolute Gasteiger partial charge is 0.496 e. The molecule has 0 atom stereocenters. The minimum absolute atomic E-state index is 0.0230. The number of fused-ring (bicyclic) bond motifs is 1. The fourth-order valence-electron chi connectivity index (χ4n) is 2.73. The summed E-state index contributed by atoms with van der Waals surface area (Å²) in [5.41, 5.74) is 0.522. The van der Waals surface area contributed by atoms with Gasteiger partial charge in [0.15, 0.2) is 0 Å². The van der Waals surface area contributed by atoms with Crippen LogP contribution in [0.2, 0.25) is 0 Å². The van der Waals surface area contributed by atoms with Crippen LogP contribution in [-0.4, -0.2) is 48.0 Å². The zero-order valence-electron chi connectivity index (χ0n) is 15.5. The van der Waals surface area contributed by atoms with Gasteiger partial charge in [0.05, 0.1) is 35.7 Å². The monoisotopic (exact) mass is 384 g/mol. The van der Waals surface area contributed by atoms with Crippen LogP contribution in [0.15, 0.2) is 41.2 Å². The first kappa shape index (κ1) is 19.4. The number of carboxylic acids is 1. The zero-order valence-corrected chi connectivity index (χ0v) is 15.5. The van der Waals surface area contributed by atoms with E-state index >= 15 is 0 Å². The van der Waals surface area contributed by atoms with Crippen molar-refractivity contribution in [1.29, 1.82) is 0 Å². The third kappa shape index (κ3) is 4.12. The molecule has 0 aliphatic carbocycles.